The van der Waals surface area contributed by atoms with E-state index >= 15 is 0 Å². The summed E-state index contributed by atoms with van der Waals surface area (Å²) in [6.45, 7) is 3.79. The van der Waals surface area contributed by atoms with Crippen LogP contribution in [0.15, 0.2) is 28.7 Å². The molecule has 2 nitrogen and oxygen atoms in total. The summed E-state index contributed by atoms with van der Waals surface area (Å²) in [5.74, 6) is 0.430. The monoisotopic (exact) mass is 270 g/mol. The van der Waals surface area contributed by atoms with Gasteiger partial charge >= 0.3 is 0 Å². The minimum atomic E-state index is -0.821. The number of hydrogen-bond donors (Lipinski definition) is 1. The molecule has 0 aliphatic carbocycles. The Morgan fingerprint density at radius 3 is 2.41 bits per heavy atom. The van der Waals surface area contributed by atoms with Crippen LogP contribution in [0.25, 0.3) is 0 Å². The maximum atomic E-state index is 10.2. The number of benzene rings is 1. The van der Waals surface area contributed by atoms with Gasteiger partial charge in [0.2, 0.25) is 0 Å². The molecule has 1 unspecified atom stereocenters. The Morgan fingerprint density at radius 2 is 1.82 bits per heavy atom. The van der Waals surface area contributed by atoms with Crippen LogP contribution in [-0.2, 0) is 0 Å². The molecule has 1 N–H and O–H groups in total. The van der Waals surface area contributed by atoms with Gasteiger partial charge in [-0.25, -0.2) is 0 Å². The normalized spacial score (nSPS) is 12.8. The maximum absolute atomic E-state index is 10.2. The maximum Gasteiger partial charge on any atom is 0.193 e. The lowest BCUT2D eigenvalue weighted by Crippen LogP contribution is -2.01. The van der Waals surface area contributed by atoms with Crippen molar-refractivity contribution in [2.75, 3.05) is 0 Å². The van der Waals surface area contributed by atoms with Crippen molar-refractivity contribution >= 4 is 23.2 Å². The average molecular weight is 271 g/mol. The molecule has 0 aliphatic rings. The van der Waals surface area contributed by atoms with Gasteiger partial charge in [-0.15, -0.1) is 0 Å². The second-order valence-corrected chi connectivity index (χ2v) is 4.78. The molecule has 1 aromatic carbocycles. The van der Waals surface area contributed by atoms with Crippen LogP contribution in [0.1, 0.15) is 28.6 Å². The molecule has 0 amide bonds. The third kappa shape index (κ3) is 2.49. The lowest BCUT2D eigenvalue weighted by molar-refractivity contribution is 0.189. The highest BCUT2D eigenvalue weighted by molar-refractivity contribution is 6.31. The van der Waals surface area contributed by atoms with E-state index in [0.717, 1.165) is 16.7 Å². The molecule has 1 atom stereocenters. The number of furan rings is 1. The lowest BCUT2D eigenvalue weighted by Gasteiger charge is -2.13. The summed E-state index contributed by atoms with van der Waals surface area (Å²) in [6.07, 6.45) is -0.821. The first-order valence-electron chi connectivity index (χ1n) is 5.19. The highest BCUT2D eigenvalue weighted by atomic mass is 35.5. The minimum absolute atomic E-state index is 0.266. The Kier molecular flexibility index (Phi) is 3.48. The summed E-state index contributed by atoms with van der Waals surface area (Å²) in [6, 6.07) is 6.97. The molecule has 90 valence electrons. The van der Waals surface area contributed by atoms with Crippen LogP contribution >= 0.6 is 23.2 Å². The van der Waals surface area contributed by atoms with E-state index in [2.05, 4.69) is 0 Å². The fourth-order valence-electron chi connectivity index (χ4n) is 1.73. The van der Waals surface area contributed by atoms with Crippen molar-refractivity contribution in [2.45, 2.75) is 20.0 Å². The molecule has 1 heterocycles. The Labute approximate surface area is 110 Å². The molecule has 0 fully saturated rings. The summed E-state index contributed by atoms with van der Waals surface area (Å²) in [5, 5.41) is 11.2. The van der Waals surface area contributed by atoms with E-state index in [1.165, 1.54) is 0 Å². The largest absolute Gasteiger partial charge is 0.447 e. The van der Waals surface area contributed by atoms with Gasteiger partial charge in [-0.1, -0.05) is 17.7 Å². The summed E-state index contributed by atoms with van der Waals surface area (Å²) in [4.78, 5) is 0. The van der Waals surface area contributed by atoms with Crippen molar-refractivity contribution in [1.82, 2.24) is 0 Å². The Bertz CT molecular complexity index is 546. The fourth-order valence-corrected chi connectivity index (χ4v) is 2.10. The van der Waals surface area contributed by atoms with Gasteiger partial charge in [-0.05, 0) is 60.3 Å². The van der Waals surface area contributed by atoms with Gasteiger partial charge in [-0.3, -0.25) is 0 Å². The van der Waals surface area contributed by atoms with Crippen LogP contribution in [0.3, 0.4) is 0 Å². The third-order valence-corrected chi connectivity index (χ3v) is 3.32. The number of aryl methyl sites for hydroxylation is 2. The fraction of sp³-hybridized carbons (Fsp3) is 0.231. The second kappa shape index (κ2) is 4.73. The first kappa shape index (κ1) is 12.5. The molecular weight excluding hydrogens is 259 g/mol. The van der Waals surface area contributed by atoms with E-state index in [9.17, 15) is 5.11 Å². The highest BCUT2D eigenvalue weighted by Crippen LogP contribution is 2.30. The lowest BCUT2D eigenvalue weighted by atomic mass is 9.99. The van der Waals surface area contributed by atoms with Crippen molar-refractivity contribution in [2.24, 2.45) is 0 Å². The summed E-state index contributed by atoms with van der Waals surface area (Å²) < 4.78 is 5.21. The number of rotatable bonds is 2. The SMILES string of the molecule is Cc1cc(C(O)c2ccc(Cl)o2)c(C)cc1Cl. The van der Waals surface area contributed by atoms with Crippen molar-refractivity contribution in [3.05, 3.63) is 57.0 Å². The summed E-state index contributed by atoms with van der Waals surface area (Å²) in [7, 11) is 0. The van der Waals surface area contributed by atoms with E-state index in [1.54, 1.807) is 12.1 Å². The molecule has 0 saturated carbocycles. The number of aliphatic hydroxyl groups is 1. The quantitative estimate of drug-likeness (QED) is 0.884. The van der Waals surface area contributed by atoms with Gasteiger partial charge in [-0.2, -0.15) is 0 Å². The molecule has 4 heteroatoms. The topological polar surface area (TPSA) is 33.4 Å². The molecule has 0 spiro atoms. The van der Waals surface area contributed by atoms with Gasteiger partial charge in [0.25, 0.3) is 0 Å². The first-order chi connectivity index (χ1) is 7.99. The Hall–Kier alpha value is -0.960. The predicted molar refractivity (Wildman–Crippen MR) is 68.7 cm³/mol. The van der Waals surface area contributed by atoms with Crippen molar-refractivity contribution < 1.29 is 9.52 Å². The van der Waals surface area contributed by atoms with Crippen LogP contribution in [0, 0.1) is 13.8 Å². The van der Waals surface area contributed by atoms with Crippen LogP contribution in [0.4, 0.5) is 0 Å². The number of hydrogen-bond acceptors (Lipinski definition) is 2. The molecule has 1 aromatic heterocycles. The van der Waals surface area contributed by atoms with E-state index in [-0.39, 0.29) is 5.22 Å². The molecule has 0 radical (unpaired) electrons. The zero-order valence-electron chi connectivity index (χ0n) is 9.50. The molecule has 0 saturated heterocycles. The van der Waals surface area contributed by atoms with Crippen molar-refractivity contribution in [3.63, 3.8) is 0 Å². The predicted octanol–water partition coefficient (Wildman–Crippen LogP) is 4.28. The molecule has 2 rings (SSSR count). The van der Waals surface area contributed by atoms with Crippen LogP contribution in [-0.4, -0.2) is 5.11 Å². The highest BCUT2D eigenvalue weighted by Gasteiger charge is 2.17. The summed E-state index contributed by atoms with van der Waals surface area (Å²) in [5.41, 5.74) is 2.61. The van der Waals surface area contributed by atoms with E-state index in [1.807, 2.05) is 26.0 Å². The van der Waals surface area contributed by atoms with Gasteiger partial charge < -0.3 is 9.52 Å². The molecule has 17 heavy (non-hydrogen) atoms. The smallest absolute Gasteiger partial charge is 0.193 e. The zero-order chi connectivity index (χ0) is 12.6. The first-order valence-corrected chi connectivity index (χ1v) is 5.94. The minimum Gasteiger partial charge on any atom is -0.447 e. The molecular formula is C13H12Cl2O2. The number of halogens is 2. The second-order valence-electron chi connectivity index (χ2n) is 4.00. The standard InChI is InChI=1S/C13H12Cl2O2/c1-7-6-10(14)8(2)5-9(7)13(16)11-3-4-12(15)17-11/h3-6,13,16H,1-2H3. The van der Waals surface area contributed by atoms with E-state index in [0.29, 0.717) is 10.8 Å². The van der Waals surface area contributed by atoms with Crippen molar-refractivity contribution in [1.29, 1.82) is 0 Å². The molecule has 0 bridgehead atoms. The van der Waals surface area contributed by atoms with Gasteiger partial charge in [0, 0.05) is 5.02 Å². The van der Waals surface area contributed by atoms with E-state index < -0.39 is 6.10 Å². The third-order valence-electron chi connectivity index (χ3n) is 2.71. The summed E-state index contributed by atoms with van der Waals surface area (Å²) >= 11 is 11.7. The Balaban J connectivity index is 2.43. The van der Waals surface area contributed by atoms with Crippen LogP contribution in [0.5, 0.6) is 0 Å². The zero-order valence-corrected chi connectivity index (χ0v) is 11.0. The average Bonchev–Trinajstić information content (AvgIpc) is 2.69. The van der Waals surface area contributed by atoms with E-state index in [4.69, 9.17) is 27.6 Å². The number of aliphatic hydroxyl groups excluding tert-OH is 1. The Morgan fingerprint density at radius 1 is 1.12 bits per heavy atom. The molecule has 0 aliphatic heterocycles. The van der Waals surface area contributed by atoms with Gasteiger partial charge in [0.15, 0.2) is 5.22 Å². The van der Waals surface area contributed by atoms with Gasteiger partial charge in [0.1, 0.15) is 11.9 Å². The van der Waals surface area contributed by atoms with Crippen LogP contribution < -0.4 is 0 Å². The van der Waals surface area contributed by atoms with Crippen molar-refractivity contribution in [3.8, 4) is 0 Å². The molecule has 2 aromatic rings. The van der Waals surface area contributed by atoms with Gasteiger partial charge in [0.05, 0.1) is 0 Å². The van der Waals surface area contributed by atoms with Crippen LogP contribution in [0.2, 0.25) is 10.2 Å².